The molecule has 15 heavy (non-hydrogen) atoms. The highest BCUT2D eigenvalue weighted by Crippen LogP contribution is 2.33. The minimum absolute atomic E-state index is 0.145. The predicted molar refractivity (Wildman–Crippen MR) is 62.7 cm³/mol. The molecule has 3 nitrogen and oxygen atoms in total. The summed E-state index contributed by atoms with van der Waals surface area (Å²) in [6, 6.07) is 0.669. The summed E-state index contributed by atoms with van der Waals surface area (Å²) in [5.74, 6) is 1.13. The number of amides is 1. The van der Waals surface area contributed by atoms with Gasteiger partial charge in [-0.05, 0) is 31.7 Å². The van der Waals surface area contributed by atoms with Crippen LogP contribution < -0.4 is 10.6 Å². The zero-order valence-corrected chi connectivity index (χ0v) is 10.0. The molecule has 1 saturated carbocycles. The third-order valence-electron chi connectivity index (χ3n) is 3.10. The summed E-state index contributed by atoms with van der Waals surface area (Å²) in [6.45, 7) is 3.21. The van der Waals surface area contributed by atoms with E-state index in [-0.39, 0.29) is 5.91 Å². The van der Waals surface area contributed by atoms with E-state index in [2.05, 4.69) is 17.6 Å². The molecule has 0 aliphatic heterocycles. The van der Waals surface area contributed by atoms with Gasteiger partial charge in [-0.1, -0.05) is 19.8 Å². The molecule has 1 unspecified atom stereocenters. The number of carbonyl (C=O) groups excluding carboxylic acids is 1. The van der Waals surface area contributed by atoms with Gasteiger partial charge in [0.1, 0.15) is 0 Å². The summed E-state index contributed by atoms with van der Waals surface area (Å²) in [6.07, 6.45) is 6.98. The smallest absolute Gasteiger partial charge is 0.219 e. The van der Waals surface area contributed by atoms with Crippen LogP contribution in [-0.4, -0.2) is 25.5 Å². The number of carbonyl (C=O) groups is 1. The average molecular weight is 212 g/mol. The van der Waals surface area contributed by atoms with Crippen molar-refractivity contribution in [1.29, 1.82) is 0 Å². The molecular formula is C12H24N2O. The molecule has 0 radical (unpaired) electrons. The maximum atomic E-state index is 11.0. The molecule has 3 heteroatoms. The molecule has 1 rings (SSSR count). The van der Waals surface area contributed by atoms with Gasteiger partial charge < -0.3 is 10.6 Å². The van der Waals surface area contributed by atoms with Crippen LogP contribution in [0, 0.1) is 5.92 Å². The van der Waals surface area contributed by atoms with E-state index in [9.17, 15) is 4.79 Å². The topological polar surface area (TPSA) is 41.1 Å². The molecule has 1 atom stereocenters. The van der Waals surface area contributed by atoms with Gasteiger partial charge in [-0.3, -0.25) is 4.79 Å². The molecule has 0 aromatic carbocycles. The van der Waals surface area contributed by atoms with Crippen molar-refractivity contribution >= 4 is 5.91 Å². The molecule has 0 aromatic rings. The molecule has 1 fully saturated rings. The standard InChI is InChI=1S/C12H24N2O/c1-3-11(9-10-6-7-10)14-8-4-5-12(15)13-2/h10-11,14H,3-9H2,1-2H3,(H,13,15). The van der Waals surface area contributed by atoms with Crippen molar-refractivity contribution in [2.75, 3.05) is 13.6 Å². The first kappa shape index (κ1) is 12.5. The zero-order valence-electron chi connectivity index (χ0n) is 10.0. The monoisotopic (exact) mass is 212 g/mol. The van der Waals surface area contributed by atoms with Crippen LogP contribution >= 0.6 is 0 Å². The van der Waals surface area contributed by atoms with E-state index >= 15 is 0 Å². The van der Waals surface area contributed by atoms with E-state index < -0.39 is 0 Å². The van der Waals surface area contributed by atoms with Crippen LogP contribution in [0.4, 0.5) is 0 Å². The first-order valence-corrected chi connectivity index (χ1v) is 6.20. The molecule has 88 valence electrons. The molecule has 0 spiro atoms. The molecule has 0 saturated heterocycles. The molecule has 1 aliphatic rings. The Balaban J connectivity index is 1.98. The van der Waals surface area contributed by atoms with Gasteiger partial charge in [0.2, 0.25) is 5.91 Å². The first-order chi connectivity index (χ1) is 7.26. The Morgan fingerprint density at radius 1 is 1.47 bits per heavy atom. The van der Waals surface area contributed by atoms with E-state index in [0.29, 0.717) is 12.5 Å². The van der Waals surface area contributed by atoms with E-state index in [1.54, 1.807) is 7.05 Å². The van der Waals surface area contributed by atoms with Crippen LogP contribution in [0.15, 0.2) is 0 Å². The Labute approximate surface area is 93.0 Å². The van der Waals surface area contributed by atoms with Crippen LogP contribution in [0.1, 0.15) is 45.4 Å². The van der Waals surface area contributed by atoms with Gasteiger partial charge in [0.25, 0.3) is 0 Å². The number of hydrogen-bond donors (Lipinski definition) is 2. The number of nitrogens with one attached hydrogen (secondary N) is 2. The fourth-order valence-electron chi connectivity index (χ4n) is 1.83. The number of hydrogen-bond acceptors (Lipinski definition) is 2. The fraction of sp³-hybridized carbons (Fsp3) is 0.917. The van der Waals surface area contributed by atoms with Gasteiger partial charge in [0.15, 0.2) is 0 Å². The normalized spacial score (nSPS) is 17.5. The van der Waals surface area contributed by atoms with Gasteiger partial charge >= 0.3 is 0 Å². The number of rotatable bonds is 8. The second kappa shape index (κ2) is 6.83. The minimum Gasteiger partial charge on any atom is -0.359 e. The van der Waals surface area contributed by atoms with Crippen molar-refractivity contribution in [3.05, 3.63) is 0 Å². The molecule has 2 N–H and O–H groups in total. The van der Waals surface area contributed by atoms with E-state index in [1.165, 1.54) is 25.7 Å². The molecule has 1 amide bonds. The lowest BCUT2D eigenvalue weighted by molar-refractivity contribution is -0.120. The zero-order chi connectivity index (χ0) is 11.1. The maximum absolute atomic E-state index is 11.0. The molecule has 0 heterocycles. The van der Waals surface area contributed by atoms with Crippen LogP contribution in [0.25, 0.3) is 0 Å². The van der Waals surface area contributed by atoms with Crippen molar-refractivity contribution in [2.45, 2.75) is 51.5 Å². The van der Waals surface area contributed by atoms with Crippen LogP contribution in [0.3, 0.4) is 0 Å². The summed E-state index contributed by atoms with van der Waals surface area (Å²) in [7, 11) is 1.69. The van der Waals surface area contributed by atoms with Crippen LogP contribution in [0.5, 0.6) is 0 Å². The second-order valence-electron chi connectivity index (χ2n) is 4.52. The molecule has 0 bridgehead atoms. The van der Waals surface area contributed by atoms with Gasteiger partial charge in [-0.15, -0.1) is 0 Å². The predicted octanol–water partition coefficient (Wildman–Crippen LogP) is 1.68. The van der Waals surface area contributed by atoms with Gasteiger partial charge in [0.05, 0.1) is 0 Å². The highest BCUT2D eigenvalue weighted by atomic mass is 16.1. The van der Waals surface area contributed by atoms with Crippen molar-refractivity contribution in [1.82, 2.24) is 10.6 Å². The summed E-state index contributed by atoms with van der Waals surface area (Å²) in [5, 5.41) is 6.18. The van der Waals surface area contributed by atoms with Crippen molar-refractivity contribution in [3.8, 4) is 0 Å². The van der Waals surface area contributed by atoms with Gasteiger partial charge in [0, 0.05) is 19.5 Å². The van der Waals surface area contributed by atoms with Crippen molar-refractivity contribution in [2.24, 2.45) is 5.92 Å². The Kier molecular flexibility index (Phi) is 5.69. The lowest BCUT2D eigenvalue weighted by Crippen LogP contribution is -2.30. The SMILES string of the molecule is CCC(CC1CC1)NCCCC(=O)NC. The van der Waals surface area contributed by atoms with Gasteiger partial charge in [-0.25, -0.2) is 0 Å². The maximum Gasteiger partial charge on any atom is 0.219 e. The minimum atomic E-state index is 0.145. The Bertz CT molecular complexity index is 190. The highest BCUT2D eigenvalue weighted by Gasteiger charge is 2.24. The largest absolute Gasteiger partial charge is 0.359 e. The summed E-state index contributed by atoms with van der Waals surface area (Å²) in [4.78, 5) is 11.0. The molecule has 1 aliphatic carbocycles. The lowest BCUT2D eigenvalue weighted by Gasteiger charge is -2.16. The molecular weight excluding hydrogens is 188 g/mol. The Hall–Kier alpha value is -0.570. The van der Waals surface area contributed by atoms with E-state index in [0.717, 1.165) is 18.9 Å². The lowest BCUT2D eigenvalue weighted by atomic mass is 10.1. The average Bonchev–Trinajstić information content (AvgIpc) is 3.05. The molecule has 0 aromatic heterocycles. The Morgan fingerprint density at radius 3 is 2.73 bits per heavy atom. The third kappa shape index (κ3) is 5.78. The van der Waals surface area contributed by atoms with Crippen LogP contribution in [-0.2, 0) is 4.79 Å². The second-order valence-corrected chi connectivity index (χ2v) is 4.52. The van der Waals surface area contributed by atoms with Crippen molar-refractivity contribution < 1.29 is 4.79 Å². The fourth-order valence-corrected chi connectivity index (χ4v) is 1.83. The summed E-state index contributed by atoms with van der Waals surface area (Å²) < 4.78 is 0. The first-order valence-electron chi connectivity index (χ1n) is 6.20. The third-order valence-corrected chi connectivity index (χ3v) is 3.10. The van der Waals surface area contributed by atoms with Crippen LogP contribution in [0.2, 0.25) is 0 Å². The summed E-state index contributed by atoms with van der Waals surface area (Å²) >= 11 is 0. The quantitative estimate of drug-likeness (QED) is 0.601. The van der Waals surface area contributed by atoms with E-state index in [4.69, 9.17) is 0 Å². The van der Waals surface area contributed by atoms with Gasteiger partial charge in [-0.2, -0.15) is 0 Å². The summed E-state index contributed by atoms with van der Waals surface area (Å²) in [5.41, 5.74) is 0. The highest BCUT2D eigenvalue weighted by molar-refractivity contribution is 5.75. The van der Waals surface area contributed by atoms with Crippen molar-refractivity contribution in [3.63, 3.8) is 0 Å². The van der Waals surface area contributed by atoms with E-state index in [1.807, 2.05) is 0 Å². The Morgan fingerprint density at radius 2 is 2.20 bits per heavy atom.